The van der Waals surface area contributed by atoms with Crippen molar-refractivity contribution in [2.75, 3.05) is 37.4 Å². The van der Waals surface area contributed by atoms with Crippen LogP contribution in [0.1, 0.15) is 41.2 Å². The maximum Gasteiger partial charge on any atom is 0.323 e. The van der Waals surface area contributed by atoms with Gasteiger partial charge in [0.1, 0.15) is 23.2 Å². The van der Waals surface area contributed by atoms with E-state index >= 15 is 0 Å². The molecule has 3 aromatic rings. The molecule has 13 heteroatoms. The number of nitrogens with one attached hydrogen (secondary N) is 2. The van der Waals surface area contributed by atoms with Crippen LogP contribution in [0.2, 0.25) is 0 Å². The Kier molecular flexibility index (Phi) is 9.24. The number of aliphatic hydroxyl groups excluding tert-OH is 1. The number of ether oxygens (including phenoxy) is 1. The summed E-state index contributed by atoms with van der Waals surface area (Å²) in [7, 11) is -2.31. The molecule has 0 fully saturated rings. The summed E-state index contributed by atoms with van der Waals surface area (Å²) in [6.45, 7) is 8.84. The Morgan fingerprint density at radius 3 is 2.48 bits per heavy atom. The van der Waals surface area contributed by atoms with Gasteiger partial charge in [0.15, 0.2) is 5.76 Å². The van der Waals surface area contributed by atoms with Crippen LogP contribution in [0.4, 0.5) is 16.2 Å². The number of nitrogens with zero attached hydrogens (tertiary/aromatic N) is 3. The molecule has 2 heterocycles. The minimum Gasteiger partial charge on any atom is -0.488 e. The molecule has 0 spiro atoms. The first-order valence-electron chi connectivity index (χ1n) is 13.6. The average Bonchev–Trinajstić information content (AvgIpc) is 3.26. The summed E-state index contributed by atoms with van der Waals surface area (Å²) >= 11 is 0. The molecule has 0 unspecified atom stereocenters. The smallest absolute Gasteiger partial charge is 0.323 e. The summed E-state index contributed by atoms with van der Waals surface area (Å²) in [5, 5.41) is 19.1. The lowest BCUT2D eigenvalue weighted by Crippen LogP contribution is -2.50. The fourth-order valence-electron chi connectivity index (χ4n) is 4.70. The average molecular weight is 600 g/mol. The number of benzene rings is 2. The van der Waals surface area contributed by atoms with Gasteiger partial charge in [0.05, 0.1) is 29.7 Å². The number of rotatable bonds is 8. The molecule has 3 N–H and O–H groups in total. The molecule has 3 atom stereocenters. The topological polar surface area (TPSA) is 154 Å². The predicted octanol–water partition coefficient (Wildman–Crippen LogP) is 3.78. The van der Waals surface area contributed by atoms with Gasteiger partial charge in [-0.15, -0.1) is 0 Å². The van der Waals surface area contributed by atoms with Crippen LogP contribution in [-0.2, 0) is 10.0 Å². The fourth-order valence-corrected chi connectivity index (χ4v) is 5.88. The van der Waals surface area contributed by atoms with Crippen molar-refractivity contribution in [3.63, 3.8) is 0 Å². The first-order valence-corrected chi connectivity index (χ1v) is 15.0. The van der Waals surface area contributed by atoms with E-state index in [1.54, 1.807) is 62.1 Å². The molecule has 0 aliphatic carbocycles. The number of sulfonamides is 1. The molecule has 1 aliphatic heterocycles. The van der Waals surface area contributed by atoms with Crippen LogP contribution in [0.15, 0.2) is 51.9 Å². The van der Waals surface area contributed by atoms with Gasteiger partial charge >= 0.3 is 6.03 Å². The van der Waals surface area contributed by atoms with Crippen molar-refractivity contribution >= 4 is 33.3 Å². The SMILES string of the molecule is Cc1ccc(S(=O)(=O)N(C)C[C@@H]2Oc3ccc(NC(=O)Nc4c(C)noc4C)cc3C(=O)N([C@H](C)CO)C[C@H]2C)cc1. The monoisotopic (exact) mass is 599 g/mol. The number of aliphatic hydroxyl groups is 1. The van der Waals surface area contributed by atoms with Crippen molar-refractivity contribution in [3.05, 3.63) is 65.0 Å². The Balaban J connectivity index is 1.62. The third kappa shape index (κ3) is 6.58. The van der Waals surface area contributed by atoms with E-state index in [1.165, 1.54) is 17.4 Å². The van der Waals surface area contributed by atoms with E-state index in [-0.39, 0.29) is 47.7 Å². The number of likely N-dealkylation sites (N-methyl/N-ethyl adjacent to an activating group) is 1. The molecule has 3 amide bonds. The summed E-state index contributed by atoms with van der Waals surface area (Å²) in [5.41, 5.74) is 2.42. The number of carbonyl (C=O) groups is 2. The van der Waals surface area contributed by atoms with Crippen LogP contribution < -0.4 is 15.4 Å². The van der Waals surface area contributed by atoms with Crippen LogP contribution >= 0.6 is 0 Å². The zero-order chi connectivity index (χ0) is 30.8. The van der Waals surface area contributed by atoms with E-state index in [0.29, 0.717) is 22.8 Å². The van der Waals surface area contributed by atoms with Crippen LogP contribution in [-0.4, -0.2) is 78.7 Å². The molecule has 0 bridgehead atoms. The second-order valence-corrected chi connectivity index (χ2v) is 12.8. The molecule has 226 valence electrons. The maximum absolute atomic E-state index is 13.7. The molecule has 2 aromatic carbocycles. The van der Waals surface area contributed by atoms with Crippen LogP contribution in [0.3, 0.4) is 0 Å². The first-order chi connectivity index (χ1) is 19.8. The summed E-state index contributed by atoms with van der Waals surface area (Å²) < 4.78 is 39.3. The van der Waals surface area contributed by atoms with Crippen LogP contribution in [0, 0.1) is 26.7 Å². The number of aryl methyl sites for hydroxylation is 3. The number of hydrogen-bond donors (Lipinski definition) is 3. The second-order valence-electron chi connectivity index (χ2n) is 10.7. The molecule has 0 saturated carbocycles. The van der Waals surface area contributed by atoms with Gasteiger partial charge in [-0.2, -0.15) is 4.31 Å². The number of anilines is 2. The minimum atomic E-state index is -3.80. The van der Waals surface area contributed by atoms with Crippen molar-refractivity contribution in [1.82, 2.24) is 14.4 Å². The molecular formula is C29H37N5O7S. The lowest BCUT2D eigenvalue weighted by Gasteiger charge is -2.38. The van der Waals surface area contributed by atoms with E-state index < -0.39 is 28.2 Å². The quantitative estimate of drug-likeness (QED) is 0.353. The van der Waals surface area contributed by atoms with Gasteiger partial charge < -0.3 is 29.9 Å². The van der Waals surface area contributed by atoms with Gasteiger partial charge in [0.25, 0.3) is 5.91 Å². The number of amides is 3. The van der Waals surface area contributed by atoms with E-state index in [9.17, 15) is 23.1 Å². The Hall–Kier alpha value is -3.94. The summed E-state index contributed by atoms with van der Waals surface area (Å²) in [4.78, 5) is 28.1. The van der Waals surface area contributed by atoms with E-state index in [1.807, 2.05) is 13.8 Å². The van der Waals surface area contributed by atoms with E-state index in [0.717, 1.165) is 5.56 Å². The first kappa shape index (κ1) is 31.0. The van der Waals surface area contributed by atoms with Gasteiger partial charge in [-0.05, 0) is 58.0 Å². The summed E-state index contributed by atoms with van der Waals surface area (Å²) in [6.07, 6.45) is -0.628. The third-order valence-corrected chi connectivity index (χ3v) is 9.20. The summed E-state index contributed by atoms with van der Waals surface area (Å²) in [6, 6.07) is 10.2. The number of fused-ring (bicyclic) bond motifs is 1. The molecule has 42 heavy (non-hydrogen) atoms. The minimum absolute atomic E-state index is 0.0200. The Morgan fingerprint density at radius 1 is 1.17 bits per heavy atom. The van der Waals surface area contributed by atoms with Crippen molar-refractivity contribution in [3.8, 4) is 5.75 Å². The normalized spacial score (nSPS) is 18.1. The number of aromatic nitrogens is 1. The largest absolute Gasteiger partial charge is 0.488 e. The fraction of sp³-hybridized carbons (Fsp3) is 0.414. The molecular weight excluding hydrogens is 562 g/mol. The highest BCUT2D eigenvalue weighted by Gasteiger charge is 2.35. The standard InChI is InChI=1S/C29H37N5O7S/c1-17-7-10-23(11-8-17)42(38,39)33(6)15-26-18(2)14-34(19(3)16-35)28(36)24-13-22(9-12-25(24)40-26)30-29(37)31-27-20(4)32-41-21(27)5/h7-13,18-19,26,35H,14-16H2,1-6H3,(H2,30,31,37)/t18-,19-,26+/m1/s1. The molecule has 0 saturated heterocycles. The van der Waals surface area contributed by atoms with Gasteiger partial charge in [-0.25, -0.2) is 13.2 Å². The zero-order valence-corrected chi connectivity index (χ0v) is 25.4. The van der Waals surface area contributed by atoms with Crippen LogP contribution in [0.5, 0.6) is 5.75 Å². The number of carbonyl (C=O) groups excluding carboxylic acids is 2. The highest BCUT2D eigenvalue weighted by molar-refractivity contribution is 7.89. The highest BCUT2D eigenvalue weighted by atomic mass is 32.2. The van der Waals surface area contributed by atoms with Crippen molar-refractivity contribution < 1.29 is 32.4 Å². The van der Waals surface area contributed by atoms with Gasteiger partial charge in [0, 0.05) is 25.2 Å². The van der Waals surface area contributed by atoms with Crippen molar-refractivity contribution in [2.24, 2.45) is 5.92 Å². The van der Waals surface area contributed by atoms with Crippen molar-refractivity contribution in [2.45, 2.75) is 51.7 Å². The van der Waals surface area contributed by atoms with Gasteiger partial charge in [-0.1, -0.05) is 29.8 Å². The Bertz CT molecular complexity index is 1540. The molecule has 1 aliphatic rings. The lowest BCUT2D eigenvalue weighted by atomic mass is 9.99. The second kappa shape index (κ2) is 12.5. The predicted molar refractivity (Wildman–Crippen MR) is 157 cm³/mol. The van der Waals surface area contributed by atoms with Gasteiger partial charge in [-0.3, -0.25) is 4.79 Å². The number of urea groups is 1. The molecule has 1 aromatic heterocycles. The zero-order valence-electron chi connectivity index (χ0n) is 24.5. The van der Waals surface area contributed by atoms with E-state index in [4.69, 9.17) is 9.26 Å². The van der Waals surface area contributed by atoms with Crippen LogP contribution in [0.25, 0.3) is 0 Å². The summed E-state index contributed by atoms with van der Waals surface area (Å²) in [5.74, 6) is 0.0229. The Morgan fingerprint density at radius 2 is 1.86 bits per heavy atom. The number of hydrogen-bond acceptors (Lipinski definition) is 8. The highest BCUT2D eigenvalue weighted by Crippen LogP contribution is 2.31. The molecule has 4 rings (SSSR count). The Labute approximate surface area is 245 Å². The third-order valence-electron chi connectivity index (χ3n) is 7.36. The molecule has 12 nitrogen and oxygen atoms in total. The lowest BCUT2D eigenvalue weighted by molar-refractivity contribution is 0.0387. The van der Waals surface area contributed by atoms with E-state index in [2.05, 4.69) is 15.8 Å². The van der Waals surface area contributed by atoms with Crippen molar-refractivity contribution in [1.29, 1.82) is 0 Å². The maximum atomic E-state index is 13.7. The van der Waals surface area contributed by atoms with Gasteiger partial charge in [0.2, 0.25) is 10.0 Å². The molecule has 0 radical (unpaired) electrons.